The monoisotopic (exact) mass is 583 g/mol. The Labute approximate surface area is 248 Å². The molecule has 1 aromatic carbocycles. The maximum atomic E-state index is 15.3. The van der Waals surface area contributed by atoms with Gasteiger partial charge in [0, 0.05) is 61.6 Å². The molecule has 8 rings (SSSR count). The van der Waals surface area contributed by atoms with Crippen LogP contribution in [0.2, 0.25) is 0 Å². The smallest absolute Gasteiger partial charge is 0.320 e. The van der Waals surface area contributed by atoms with Gasteiger partial charge in [0.15, 0.2) is 6.23 Å². The Morgan fingerprint density at radius 1 is 1.09 bits per heavy atom. The molecule has 0 bridgehead atoms. The highest BCUT2D eigenvalue weighted by molar-refractivity contribution is 6.32. The number of hydrogen-bond donors (Lipinski definition) is 2. The lowest BCUT2D eigenvalue weighted by atomic mass is 9.78. The van der Waals surface area contributed by atoms with E-state index in [2.05, 4.69) is 22.2 Å². The van der Waals surface area contributed by atoms with E-state index < -0.39 is 18.0 Å². The van der Waals surface area contributed by atoms with Gasteiger partial charge in [-0.3, -0.25) is 9.20 Å². The molecule has 4 aliphatic heterocycles. The van der Waals surface area contributed by atoms with Crippen molar-refractivity contribution in [2.75, 3.05) is 39.8 Å². The Morgan fingerprint density at radius 3 is 2.74 bits per heavy atom. The number of carbonyl (C=O) groups is 2. The van der Waals surface area contributed by atoms with E-state index in [1.807, 2.05) is 49.4 Å². The fourth-order valence-corrected chi connectivity index (χ4v) is 7.66. The van der Waals surface area contributed by atoms with Crippen LogP contribution >= 0.6 is 0 Å². The third kappa shape index (κ3) is 4.16. The van der Waals surface area contributed by atoms with Crippen molar-refractivity contribution in [1.82, 2.24) is 34.0 Å². The summed E-state index contributed by atoms with van der Waals surface area (Å²) < 4.78 is 19.1. The lowest BCUT2D eigenvalue weighted by molar-refractivity contribution is -0.116. The summed E-state index contributed by atoms with van der Waals surface area (Å²) in [5.41, 5.74) is 4.24. The normalized spacial score (nSPS) is 22.3. The molecule has 3 amide bonds. The molecule has 1 spiro atoms. The maximum absolute atomic E-state index is 15.3. The number of aliphatic hydroxyl groups excluding tert-OH is 1. The first-order valence-corrected chi connectivity index (χ1v) is 15.0. The molecule has 0 aliphatic carbocycles. The van der Waals surface area contributed by atoms with Gasteiger partial charge in [0.2, 0.25) is 0 Å². The fourth-order valence-electron chi connectivity index (χ4n) is 7.66. The van der Waals surface area contributed by atoms with E-state index in [1.165, 1.54) is 12.1 Å². The topological polar surface area (TPSA) is 98.3 Å². The molecule has 1 unspecified atom stereocenters. The van der Waals surface area contributed by atoms with Crippen molar-refractivity contribution < 1.29 is 19.1 Å². The van der Waals surface area contributed by atoms with E-state index in [0.717, 1.165) is 51.0 Å². The van der Waals surface area contributed by atoms with Crippen LogP contribution in [0, 0.1) is 11.2 Å². The first-order valence-electron chi connectivity index (χ1n) is 15.0. The van der Waals surface area contributed by atoms with Crippen LogP contribution in [0.1, 0.15) is 36.1 Å². The molecule has 3 aromatic heterocycles. The summed E-state index contributed by atoms with van der Waals surface area (Å²) in [6.07, 6.45) is 7.36. The minimum absolute atomic E-state index is 0.00934. The van der Waals surface area contributed by atoms with Crippen molar-refractivity contribution in [2.24, 2.45) is 5.41 Å². The summed E-state index contributed by atoms with van der Waals surface area (Å²) in [5, 5.41) is 14.2. The van der Waals surface area contributed by atoms with Gasteiger partial charge < -0.3 is 29.7 Å². The molecule has 7 heterocycles. The van der Waals surface area contributed by atoms with Crippen molar-refractivity contribution in [1.29, 1.82) is 0 Å². The minimum Gasteiger partial charge on any atom is -0.369 e. The number of aliphatic hydroxyl groups is 1. The third-order valence-electron chi connectivity index (χ3n) is 10.0. The molecule has 0 radical (unpaired) electrons. The second kappa shape index (κ2) is 9.65. The predicted octanol–water partition coefficient (Wildman–Crippen LogP) is 3.14. The second-order valence-corrected chi connectivity index (χ2v) is 12.6. The summed E-state index contributed by atoms with van der Waals surface area (Å²) in [4.78, 5) is 37.8. The molecule has 43 heavy (non-hydrogen) atoms. The maximum Gasteiger partial charge on any atom is 0.320 e. The lowest BCUT2D eigenvalue weighted by Crippen LogP contribution is -2.45. The van der Waals surface area contributed by atoms with Crippen molar-refractivity contribution >= 4 is 39.6 Å². The number of nitrogens with zero attached hydrogens (tertiary/aromatic N) is 6. The quantitative estimate of drug-likeness (QED) is 0.378. The van der Waals surface area contributed by atoms with Gasteiger partial charge in [-0.05, 0) is 74.6 Å². The number of halogens is 1. The fraction of sp³-hybridized carbons (Fsp3) is 0.406. The van der Waals surface area contributed by atoms with Gasteiger partial charge in [-0.2, -0.15) is 0 Å². The van der Waals surface area contributed by atoms with Crippen molar-refractivity contribution in [3.8, 4) is 0 Å². The number of fused-ring (bicyclic) bond motifs is 1. The number of urea groups is 1. The van der Waals surface area contributed by atoms with E-state index >= 15 is 4.39 Å². The Kier molecular flexibility index (Phi) is 5.93. The number of nitrogens with one attached hydrogen (secondary N) is 1. The number of hydrogen-bond acceptors (Lipinski definition) is 5. The van der Waals surface area contributed by atoms with E-state index in [1.54, 1.807) is 6.20 Å². The van der Waals surface area contributed by atoms with Crippen LogP contribution in [-0.2, 0) is 17.9 Å². The number of benzene rings is 1. The molecule has 0 saturated carbocycles. The third-order valence-corrected chi connectivity index (χ3v) is 10.0. The molecule has 4 aliphatic rings. The van der Waals surface area contributed by atoms with Crippen LogP contribution < -0.4 is 5.32 Å². The molecule has 1 atom stereocenters. The largest absolute Gasteiger partial charge is 0.369 e. The minimum atomic E-state index is -1.23. The first kappa shape index (κ1) is 26.4. The van der Waals surface area contributed by atoms with Gasteiger partial charge in [-0.15, -0.1) is 0 Å². The van der Waals surface area contributed by atoms with E-state index in [0.29, 0.717) is 52.1 Å². The number of rotatable bonds is 2. The zero-order valence-corrected chi connectivity index (χ0v) is 24.1. The molecule has 4 aromatic rings. The zero-order chi connectivity index (χ0) is 29.5. The molecule has 11 heteroatoms. The molecule has 2 saturated heterocycles. The van der Waals surface area contributed by atoms with E-state index in [4.69, 9.17) is 0 Å². The molecular weight excluding hydrogens is 549 g/mol. The average molecular weight is 584 g/mol. The molecular formula is C32H34FN7O3. The summed E-state index contributed by atoms with van der Waals surface area (Å²) in [6, 6.07) is 8.54. The highest BCUT2D eigenvalue weighted by Crippen LogP contribution is 2.42. The molecule has 2 fully saturated rings. The van der Waals surface area contributed by atoms with Crippen molar-refractivity contribution in [3.05, 3.63) is 71.6 Å². The lowest BCUT2D eigenvalue weighted by Gasteiger charge is -2.38. The van der Waals surface area contributed by atoms with Crippen LogP contribution in [0.15, 0.2) is 48.9 Å². The standard InChI is InChI=1S/C32H34FN7O3/c1-36-9-5-32(6-10-36)7-11-39(19-32)31(43)38-13-12-37-18-23(22-15-21(33)14-20(17-38)28(22)37)26-27(30(42)35-29(26)41)24-16-34-25-4-2-3-8-40(24)25/h2-4,8,14-16,18,30,42H,5-7,9-13,17,19H2,1H3,(H,35,41). The Balaban J connectivity index is 1.16. The molecule has 222 valence electrons. The van der Waals surface area contributed by atoms with E-state index in [9.17, 15) is 14.7 Å². The van der Waals surface area contributed by atoms with Crippen LogP contribution in [-0.4, -0.2) is 91.7 Å². The Hall–Kier alpha value is -4.22. The van der Waals surface area contributed by atoms with Crippen molar-refractivity contribution in [3.63, 3.8) is 0 Å². The summed E-state index contributed by atoms with van der Waals surface area (Å²) >= 11 is 0. The predicted molar refractivity (Wildman–Crippen MR) is 159 cm³/mol. The van der Waals surface area contributed by atoms with Crippen LogP contribution in [0.5, 0.6) is 0 Å². The zero-order valence-electron chi connectivity index (χ0n) is 24.1. The first-order chi connectivity index (χ1) is 20.8. The molecule has 2 N–H and O–H groups in total. The van der Waals surface area contributed by atoms with Crippen LogP contribution in [0.3, 0.4) is 0 Å². The van der Waals surface area contributed by atoms with Gasteiger partial charge in [0.05, 0.1) is 23.0 Å². The van der Waals surface area contributed by atoms with Gasteiger partial charge in [-0.1, -0.05) is 6.07 Å². The average Bonchev–Trinajstić information content (AvgIpc) is 3.73. The van der Waals surface area contributed by atoms with Gasteiger partial charge >= 0.3 is 6.03 Å². The number of pyridine rings is 1. The molecule has 10 nitrogen and oxygen atoms in total. The van der Waals surface area contributed by atoms with Gasteiger partial charge in [0.1, 0.15) is 11.5 Å². The Morgan fingerprint density at radius 2 is 1.91 bits per heavy atom. The number of likely N-dealkylation sites (tertiary alicyclic amines) is 2. The summed E-state index contributed by atoms with van der Waals surface area (Å²) in [6.45, 7) is 4.93. The SMILES string of the molecule is CN1CCC2(CC1)CCN(C(=O)N1CCn3cc(C4=C(c5cnc6ccccn56)C(O)NC4=O)c4cc(F)cc(c43)C1)C2. The van der Waals surface area contributed by atoms with E-state index in [-0.39, 0.29) is 18.0 Å². The number of imidazole rings is 1. The van der Waals surface area contributed by atoms with Gasteiger partial charge in [-0.25, -0.2) is 14.2 Å². The summed E-state index contributed by atoms with van der Waals surface area (Å²) in [5.74, 6) is -0.859. The van der Waals surface area contributed by atoms with Crippen molar-refractivity contribution in [2.45, 2.75) is 38.6 Å². The number of amides is 3. The van der Waals surface area contributed by atoms with Gasteiger partial charge in [0.25, 0.3) is 5.91 Å². The van der Waals surface area contributed by atoms with Crippen LogP contribution in [0.25, 0.3) is 27.7 Å². The number of aromatic nitrogens is 3. The highest BCUT2D eigenvalue weighted by atomic mass is 19.1. The second-order valence-electron chi connectivity index (χ2n) is 12.6. The summed E-state index contributed by atoms with van der Waals surface area (Å²) in [7, 11) is 2.15. The Bertz CT molecular complexity index is 1830. The van der Waals surface area contributed by atoms with Crippen LogP contribution in [0.4, 0.5) is 9.18 Å². The number of carbonyl (C=O) groups excluding carboxylic acids is 2. The number of piperidine rings is 1. The highest BCUT2D eigenvalue weighted by Gasteiger charge is 2.43.